The molecule has 54 heavy (non-hydrogen) atoms. The van der Waals surface area contributed by atoms with Crippen LogP contribution < -0.4 is 0 Å². The van der Waals surface area contributed by atoms with Gasteiger partial charge >= 0.3 is 0 Å². The minimum Gasteiger partial charge on any atom is -0.394 e. The Bertz CT molecular complexity index is 1270. The van der Waals surface area contributed by atoms with E-state index in [-0.39, 0.29) is 16.9 Å². The van der Waals surface area contributed by atoms with Crippen molar-refractivity contribution in [2.45, 2.75) is 199 Å². The fraction of sp³-hybridized carbons (Fsp3) is 1.00. The van der Waals surface area contributed by atoms with E-state index in [1.165, 1.54) is 38.5 Å². The van der Waals surface area contributed by atoms with Crippen LogP contribution >= 0.6 is 0 Å². The van der Waals surface area contributed by atoms with Crippen LogP contribution in [0.5, 0.6) is 0 Å². The van der Waals surface area contributed by atoms with Crippen LogP contribution in [0, 0.1) is 51.2 Å². The Hall–Kier alpha value is -0.480. The monoisotopic (exact) mass is 771 g/mol. The smallest absolute Gasteiger partial charge is 0.187 e. The van der Waals surface area contributed by atoms with E-state index in [9.17, 15) is 40.9 Å². The van der Waals surface area contributed by atoms with Crippen LogP contribution in [0.3, 0.4) is 0 Å². The highest BCUT2D eigenvalue weighted by molar-refractivity contribution is 5.16. The Balaban J connectivity index is 1.12. The van der Waals surface area contributed by atoms with E-state index in [1.807, 2.05) is 13.8 Å². The molecule has 2 saturated heterocycles. The predicted octanol–water partition coefficient (Wildman–Crippen LogP) is 3.26. The summed E-state index contributed by atoms with van der Waals surface area (Å²) in [6, 6.07) is 0. The summed E-state index contributed by atoms with van der Waals surface area (Å²) in [5.41, 5.74) is -0.136. The van der Waals surface area contributed by atoms with Crippen LogP contribution in [-0.4, -0.2) is 127 Å². The summed E-state index contributed by atoms with van der Waals surface area (Å²) in [5.74, 6) is 3.03. The van der Waals surface area contributed by atoms with Gasteiger partial charge in [-0.1, -0.05) is 54.4 Å². The van der Waals surface area contributed by atoms with E-state index < -0.39 is 80.2 Å². The second kappa shape index (κ2) is 15.6. The van der Waals surface area contributed by atoms with E-state index in [0.717, 1.165) is 32.1 Å². The Kier molecular flexibility index (Phi) is 12.5. The zero-order valence-electron chi connectivity index (χ0n) is 34.1. The maximum absolute atomic E-state index is 11.3. The van der Waals surface area contributed by atoms with E-state index in [2.05, 4.69) is 41.5 Å². The molecule has 0 aromatic rings. The molecule has 0 spiro atoms. The maximum atomic E-state index is 11.3. The highest BCUT2D eigenvalue weighted by atomic mass is 16.7. The Labute approximate surface area is 322 Å². The van der Waals surface area contributed by atoms with E-state index >= 15 is 0 Å². The lowest BCUT2D eigenvalue weighted by Crippen LogP contribution is -2.66. The van der Waals surface area contributed by atoms with Gasteiger partial charge in [0.1, 0.15) is 48.8 Å². The molecule has 4 aliphatic carbocycles. The van der Waals surface area contributed by atoms with Gasteiger partial charge in [0, 0.05) is 0 Å². The first-order valence-electron chi connectivity index (χ1n) is 21.1. The SMILES string of the molecule is CC(CCCC(C)(C)O)C1CCC2(C)C3CCC4C(C)(C)C(OC5OC(CO)C(OC6OC(CO)C(O)C(O)C6O)C(O)C5O)CCC4(C)C3CCC12C. The highest BCUT2D eigenvalue weighted by Gasteiger charge is 2.68. The van der Waals surface area contributed by atoms with Gasteiger partial charge in [0.15, 0.2) is 12.6 Å². The quantitative estimate of drug-likeness (QED) is 0.143. The van der Waals surface area contributed by atoms with E-state index in [0.29, 0.717) is 40.4 Å². The summed E-state index contributed by atoms with van der Waals surface area (Å²) in [5, 5.41) is 83.7. The first kappa shape index (κ1) is 43.1. The lowest BCUT2D eigenvalue weighted by Gasteiger charge is -2.68. The lowest BCUT2D eigenvalue weighted by atomic mass is 9.38. The molecule has 0 aromatic heterocycles. The van der Waals surface area contributed by atoms with Crippen molar-refractivity contribution in [2.24, 2.45) is 51.2 Å². The number of hydrogen-bond acceptors (Lipinski definition) is 12. The third kappa shape index (κ3) is 7.27. The second-order valence-corrected chi connectivity index (χ2v) is 20.5. The van der Waals surface area contributed by atoms with Gasteiger partial charge < -0.3 is 59.8 Å². The Morgan fingerprint density at radius 1 is 0.685 bits per heavy atom. The summed E-state index contributed by atoms with van der Waals surface area (Å²) >= 11 is 0. The average molecular weight is 771 g/mol. The minimum absolute atomic E-state index is 0.135. The molecule has 19 atom stereocenters. The summed E-state index contributed by atoms with van der Waals surface area (Å²) in [7, 11) is 0. The highest BCUT2D eigenvalue weighted by Crippen LogP contribution is 2.75. The van der Waals surface area contributed by atoms with Gasteiger partial charge in [0.05, 0.1) is 24.9 Å². The third-order valence-corrected chi connectivity index (χ3v) is 16.9. The minimum atomic E-state index is -1.72. The second-order valence-electron chi connectivity index (χ2n) is 20.5. The topological polar surface area (TPSA) is 199 Å². The standard InChI is InChI=1S/C42H74O12/c1-22(10-9-16-38(2,3)50)23-13-18-42(8)25-11-12-28-39(4,5)29(15-17-40(28,6)24(25)14-19-41(23,42)7)53-36-34(49)32(47)35(27(21-44)52-36)54-37-33(48)31(46)30(45)26(20-43)51-37/h22-37,43-50H,9-21H2,1-8H3. The number of aliphatic hydroxyl groups is 8. The molecule has 2 aliphatic heterocycles. The van der Waals surface area contributed by atoms with Crippen molar-refractivity contribution in [3.63, 3.8) is 0 Å². The molecule has 0 aromatic carbocycles. The first-order chi connectivity index (χ1) is 25.1. The largest absolute Gasteiger partial charge is 0.394 e. The molecule has 8 N–H and O–H groups in total. The van der Waals surface area contributed by atoms with Crippen LogP contribution in [0.15, 0.2) is 0 Å². The fourth-order valence-electron chi connectivity index (χ4n) is 13.6. The molecule has 12 nitrogen and oxygen atoms in total. The Morgan fingerprint density at radius 3 is 1.94 bits per heavy atom. The van der Waals surface area contributed by atoms with Crippen LogP contribution in [0.2, 0.25) is 0 Å². The van der Waals surface area contributed by atoms with Gasteiger partial charge in [-0.05, 0) is 123 Å². The average Bonchev–Trinajstić information content (AvgIpc) is 3.39. The van der Waals surface area contributed by atoms with Crippen molar-refractivity contribution in [2.75, 3.05) is 13.2 Å². The van der Waals surface area contributed by atoms with Crippen molar-refractivity contribution in [1.82, 2.24) is 0 Å². The molecule has 19 unspecified atom stereocenters. The van der Waals surface area contributed by atoms with Gasteiger partial charge in [0.2, 0.25) is 0 Å². The van der Waals surface area contributed by atoms with Gasteiger partial charge in [-0.3, -0.25) is 0 Å². The molecule has 6 rings (SSSR count). The number of aliphatic hydroxyl groups excluding tert-OH is 7. The van der Waals surface area contributed by atoms with Gasteiger partial charge in [0.25, 0.3) is 0 Å². The van der Waals surface area contributed by atoms with Crippen LogP contribution in [-0.2, 0) is 18.9 Å². The number of hydrogen-bond donors (Lipinski definition) is 8. The maximum Gasteiger partial charge on any atom is 0.187 e. The van der Waals surface area contributed by atoms with Gasteiger partial charge in [-0.25, -0.2) is 0 Å². The van der Waals surface area contributed by atoms with Crippen molar-refractivity contribution < 1.29 is 59.8 Å². The van der Waals surface area contributed by atoms with Crippen molar-refractivity contribution in [3.05, 3.63) is 0 Å². The molecule has 0 amide bonds. The van der Waals surface area contributed by atoms with Gasteiger partial charge in [-0.2, -0.15) is 0 Å². The summed E-state index contributed by atoms with van der Waals surface area (Å²) < 4.78 is 23.9. The Morgan fingerprint density at radius 2 is 1.30 bits per heavy atom. The van der Waals surface area contributed by atoms with Crippen LogP contribution in [0.25, 0.3) is 0 Å². The molecular weight excluding hydrogens is 696 g/mol. The predicted molar refractivity (Wildman–Crippen MR) is 200 cm³/mol. The van der Waals surface area contributed by atoms with Crippen molar-refractivity contribution >= 4 is 0 Å². The molecule has 12 heteroatoms. The van der Waals surface area contributed by atoms with Crippen LogP contribution in [0.1, 0.15) is 126 Å². The van der Waals surface area contributed by atoms with E-state index in [4.69, 9.17) is 18.9 Å². The summed E-state index contributed by atoms with van der Waals surface area (Å²) in [6.07, 6.45) is -2.77. The first-order valence-corrected chi connectivity index (χ1v) is 21.1. The molecule has 2 heterocycles. The van der Waals surface area contributed by atoms with Gasteiger partial charge in [-0.15, -0.1) is 0 Å². The fourth-order valence-corrected chi connectivity index (χ4v) is 13.6. The van der Waals surface area contributed by atoms with Crippen molar-refractivity contribution in [3.8, 4) is 0 Å². The number of fused-ring (bicyclic) bond motifs is 5. The van der Waals surface area contributed by atoms with E-state index in [1.54, 1.807) is 0 Å². The molecule has 314 valence electrons. The van der Waals surface area contributed by atoms with Crippen molar-refractivity contribution in [1.29, 1.82) is 0 Å². The molecular formula is C42H74O12. The summed E-state index contributed by atoms with van der Waals surface area (Å²) in [6.45, 7) is 17.4. The normalized spacial score (nSPS) is 51.2. The van der Waals surface area contributed by atoms with Crippen LogP contribution in [0.4, 0.5) is 0 Å². The zero-order valence-corrected chi connectivity index (χ0v) is 34.1. The molecule has 0 bridgehead atoms. The number of ether oxygens (including phenoxy) is 4. The zero-order chi connectivity index (χ0) is 39.8. The molecule has 6 fully saturated rings. The number of rotatable bonds is 11. The molecule has 0 radical (unpaired) electrons. The lowest BCUT2D eigenvalue weighted by molar-refractivity contribution is -0.368. The molecule has 6 aliphatic rings. The summed E-state index contributed by atoms with van der Waals surface area (Å²) in [4.78, 5) is 0. The third-order valence-electron chi connectivity index (χ3n) is 16.9. The molecule has 4 saturated carbocycles.